The van der Waals surface area contributed by atoms with Crippen LogP contribution < -0.4 is 5.32 Å². The number of fused-ring (bicyclic) bond motifs is 1. The van der Waals surface area contributed by atoms with Crippen LogP contribution in [0.3, 0.4) is 0 Å². The highest BCUT2D eigenvalue weighted by Crippen LogP contribution is 2.37. The maximum absolute atomic E-state index is 13.4. The van der Waals surface area contributed by atoms with E-state index in [4.69, 9.17) is 0 Å². The van der Waals surface area contributed by atoms with E-state index < -0.39 is 0 Å². The van der Waals surface area contributed by atoms with Gasteiger partial charge in [0, 0.05) is 19.6 Å². The Bertz CT molecular complexity index is 776. The zero-order valence-electron chi connectivity index (χ0n) is 13.6. The fourth-order valence-corrected chi connectivity index (χ4v) is 4.03. The molecule has 1 N–H and O–H groups in total. The van der Waals surface area contributed by atoms with Crippen LogP contribution in [0.15, 0.2) is 48.5 Å². The summed E-state index contributed by atoms with van der Waals surface area (Å²) in [4.78, 5) is 15.0. The highest BCUT2D eigenvalue weighted by molar-refractivity contribution is 5.84. The molecule has 1 atom stereocenters. The molecular formula is C20H21FN2O. The molecule has 1 spiro atoms. The normalized spacial score (nSPS) is 23.8. The Kier molecular flexibility index (Phi) is 3.85. The molecule has 2 aliphatic heterocycles. The van der Waals surface area contributed by atoms with Gasteiger partial charge in [0.15, 0.2) is 0 Å². The van der Waals surface area contributed by atoms with Gasteiger partial charge in [-0.05, 0) is 48.2 Å². The van der Waals surface area contributed by atoms with Crippen molar-refractivity contribution in [1.29, 1.82) is 0 Å². The van der Waals surface area contributed by atoms with Crippen LogP contribution in [0.2, 0.25) is 0 Å². The summed E-state index contributed by atoms with van der Waals surface area (Å²) >= 11 is 0. The van der Waals surface area contributed by atoms with Crippen molar-refractivity contribution in [1.82, 2.24) is 10.2 Å². The Hall–Kier alpha value is -2.20. The molecule has 0 aromatic heterocycles. The maximum atomic E-state index is 13.4. The van der Waals surface area contributed by atoms with Gasteiger partial charge in [-0.2, -0.15) is 0 Å². The number of hydrogen-bond donors (Lipinski definition) is 1. The highest BCUT2D eigenvalue weighted by atomic mass is 19.1. The maximum Gasteiger partial charge on any atom is 0.228 e. The number of amides is 1. The molecule has 0 aliphatic carbocycles. The van der Waals surface area contributed by atoms with Gasteiger partial charge in [-0.3, -0.25) is 9.69 Å². The number of rotatable bonds is 2. The third-order valence-electron chi connectivity index (χ3n) is 5.30. The van der Waals surface area contributed by atoms with Gasteiger partial charge in [0.25, 0.3) is 0 Å². The fourth-order valence-electron chi connectivity index (χ4n) is 4.03. The number of halogens is 1. The van der Waals surface area contributed by atoms with Gasteiger partial charge in [-0.25, -0.2) is 4.39 Å². The molecule has 4 heteroatoms. The highest BCUT2D eigenvalue weighted by Gasteiger charge is 2.45. The summed E-state index contributed by atoms with van der Waals surface area (Å²) in [5, 5.41) is 3.10. The SMILES string of the molecule is O=C1NCc2ccccc2CC12CCN(Cc1cccc(F)c1)C2. The van der Waals surface area contributed by atoms with E-state index >= 15 is 0 Å². The van der Waals surface area contributed by atoms with E-state index in [0.29, 0.717) is 13.1 Å². The van der Waals surface area contributed by atoms with Gasteiger partial charge < -0.3 is 5.32 Å². The molecule has 0 saturated carbocycles. The molecule has 24 heavy (non-hydrogen) atoms. The van der Waals surface area contributed by atoms with Crippen LogP contribution in [-0.2, 0) is 24.3 Å². The van der Waals surface area contributed by atoms with Crippen molar-refractivity contribution in [2.45, 2.75) is 25.9 Å². The van der Waals surface area contributed by atoms with Crippen LogP contribution in [-0.4, -0.2) is 23.9 Å². The van der Waals surface area contributed by atoms with Crippen LogP contribution in [0.5, 0.6) is 0 Å². The van der Waals surface area contributed by atoms with Gasteiger partial charge in [0.05, 0.1) is 5.41 Å². The number of benzene rings is 2. The molecule has 1 unspecified atom stereocenters. The van der Waals surface area contributed by atoms with E-state index in [0.717, 1.165) is 31.5 Å². The third-order valence-corrected chi connectivity index (χ3v) is 5.30. The Morgan fingerprint density at radius 1 is 1.12 bits per heavy atom. The lowest BCUT2D eigenvalue weighted by Gasteiger charge is -2.26. The predicted octanol–water partition coefficient (Wildman–Crippen LogP) is 2.89. The molecule has 0 bridgehead atoms. The third kappa shape index (κ3) is 2.82. The smallest absolute Gasteiger partial charge is 0.228 e. The summed E-state index contributed by atoms with van der Waals surface area (Å²) in [5.74, 6) is -0.0528. The van der Waals surface area contributed by atoms with Gasteiger partial charge in [-0.1, -0.05) is 36.4 Å². The van der Waals surface area contributed by atoms with E-state index in [1.807, 2.05) is 18.2 Å². The molecule has 1 fully saturated rings. The van der Waals surface area contributed by atoms with E-state index in [9.17, 15) is 9.18 Å². The van der Waals surface area contributed by atoms with Gasteiger partial charge in [0.1, 0.15) is 5.82 Å². The van der Waals surface area contributed by atoms with E-state index in [2.05, 4.69) is 22.3 Å². The number of likely N-dealkylation sites (tertiary alicyclic amines) is 1. The standard InChI is InChI=1S/C20H21FN2O/c21-18-7-3-4-15(10-18)13-23-9-8-20(14-23)11-16-5-1-2-6-17(16)12-22-19(20)24/h1-7,10H,8-9,11-14H2,(H,22,24). The van der Waals surface area contributed by atoms with Crippen LogP contribution in [0.25, 0.3) is 0 Å². The summed E-state index contributed by atoms with van der Waals surface area (Å²) in [6.07, 6.45) is 1.64. The average molecular weight is 324 g/mol. The van der Waals surface area contributed by atoms with Gasteiger partial charge in [0.2, 0.25) is 5.91 Å². The first-order chi connectivity index (χ1) is 11.6. The lowest BCUT2D eigenvalue weighted by molar-refractivity contribution is -0.130. The molecule has 1 amide bonds. The monoisotopic (exact) mass is 324 g/mol. The van der Waals surface area contributed by atoms with Crippen LogP contribution in [0, 0.1) is 11.2 Å². The Morgan fingerprint density at radius 2 is 1.96 bits per heavy atom. The molecule has 4 rings (SSSR count). The van der Waals surface area contributed by atoms with E-state index in [1.165, 1.54) is 17.2 Å². The minimum absolute atomic E-state index is 0.153. The Morgan fingerprint density at radius 3 is 2.79 bits per heavy atom. The molecule has 2 aliphatic rings. The largest absolute Gasteiger partial charge is 0.351 e. The minimum atomic E-state index is -0.361. The van der Waals surface area contributed by atoms with Crippen molar-refractivity contribution in [3.05, 3.63) is 71.0 Å². The Labute approximate surface area is 141 Å². The number of carbonyl (C=O) groups excluding carboxylic acids is 1. The summed E-state index contributed by atoms with van der Waals surface area (Å²) in [6, 6.07) is 15.0. The molecule has 124 valence electrons. The van der Waals surface area contributed by atoms with Crippen molar-refractivity contribution in [2.75, 3.05) is 13.1 Å². The van der Waals surface area contributed by atoms with E-state index in [-0.39, 0.29) is 17.1 Å². The van der Waals surface area contributed by atoms with Gasteiger partial charge in [-0.15, -0.1) is 0 Å². The quantitative estimate of drug-likeness (QED) is 0.921. The first kappa shape index (κ1) is 15.3. The second kappa shape index (κ2) is 6.02. The zero-order chi connectivity index (χ0) is 16.6. The Balaban J connectivity index is 1.54. The molecule has 2 aromatic carbocycles. The summed E-state index contributed by atoms with van der Waals surface area (Å²) in [5.41, 5.74) is 3.08. The molecule has 2 heterocycles. The molecule has 1 saturated heterocycles. The first-order valence-electron chi connectivity index (χ1n) is 8.47. The van der Waals surface area contributed by atoms with Crippen molar-refractivity contribution in [2.24, 2.45) is 5.41 Å². The van der Waals surface area contributed by atoms with Crippen molar-refractivity contribution in [3.63, 3.8) is 0 Å². The lowest BCUT2D eigenvalue weighted by atomic mass is 9.80. The number of nitrogens with zero attached hydrogens (tertiary/aromatic N) is 1. The van der Waals surface area contributed by atoms with Gasteiger partial charge >= 0.3 is 0 Å². The predicted molar refractivity (Wildman–Crippen MR) is 90.7 cm³/mol. The second-order valence-corrected chi connectivity index (χ2v) is 7.00. The molecule has 3 nitrogen and oxygen atoms in total. The van der Waals surface area contributed by atoms with Crippen molar-refractivity contribution >= 4 is 5.91 Å². The van der Waals surface area contributed by atoms with Crippen molar-refractivity contribution in [3.8, 4) is 0 Å². The minimum Gasteiger partial charge on any atom is -0.351 e. The summed E-state index contributed by atoms with van der Waals surface area (Å²) < 4.78 is 13.4. The molecule has 2 aromatic rings. The summed E-state index contributed by atoms with van der Waals surface area (Å²) in [7, 11) is 0. The van der Waals surface area contributed by atoms with Crippen molar-refractivity contribution < 1.29 is 9.18 Å². The molecule has 0 radical (unpaired) electrons. The van der Waals surface area contributed by atoms with Crippen LogP contribution in [0.1, 0.15) is 23.1 Å². The lowest BCUT2D eigenvalue weighted by Crippen LogP contribution is -2.42. The fraction of sp³-hybridized carbons (Fsp3) is 0.350. The molecular weight excluding hydrogens is 303 g/mol. The van der Waals surface area contributed by atoms with Crippen LogP contribution in [0.4, 0.5) is 4.39 Å². The number of carbonyl (C=O) groups is 1. The summed E-state index contributed by atoms with van der Waals surface area (Å²) in [6.45, 7) is 2.89. The topological polar surface area (TPSA) is 32.3 Å². The zero-order valence-corrected chi connectivity index (χ0v) is 13.6. The number of nitrogens with one attached hydrogen (secondary N) is 1. The van der Waals surface area contributed by atoms with E-state index in [1.54, 1.807) is 12.1 Å². The number of hydrogen-bond acceptors (Lipinski definition) is 2. The first-order valence-corrected chi connectivity index (χ1v) is 8.47. The second-order valence-electron chi connectivity index (χ2n) is 7.00. The average Bonchev–Trinajstić information content (AvgIpc) is 2.91. The van der Waals surface area contributed by atoms with Crippen LogP contribution >= 0.6 is 0 Å².